The van der Waals surface area contributed by atoms with E-state index in [1.165, 1.54) is 6.08 Å². The Morgan fingerprint density at radius 2 is 2.05 bits per heavy atom. The fourth-order valence-corrected chi connectivity index (χ4v) is 2.76. The molecule has 0 spiro atoms. The Bertz CT molecular complexity index is 640. The molecule has 3 rings (SSSR count). The van der Waals surface area contributed by atoms with Gasteiger partial charge in [0, 0.05) is 37.0 Å². The molecule has 1 atom stereocenters. The predicted molar refractivity (Wildman–Crippen MR) is 69.0 cm³/mol. The van der Waals surface area contributed by atoms with E-state index in [0.717, 1.165) is 12.2 Å². The molecule has 0 amide bonds. The Kier molecular flexibility index (Phi) is 2.44. The zero-order valence-corrected chi connectivity index (χ0v) is 11.2. The second-order valence-electron chi connectivity index (χ2n) is 5.23. The molecular weight excluding hydrogens is 244 g/mol. The number of hydrogen-bond acceptors (Lipinski definition) is 4. The van der Waals surface area contributed by atoms with Crippen LogP contribution < -0.4 is 0 Å². The van der Waals surface area contributed by atoms with Crippen molar-refractivity contribution in [3.05, 3.63) is 34.3 Å². The SMILES string of the molecule is Cc1c(CO)c2c(n1C)C(=O)C=C(N1CC1C)C2=O. The first-order chi connectivity index (χ1) is 8.97. The molecule has 2 aliphatic rings. The van der Waals surface area contributed by atoms with E-state index in [1.807, 2.05) is 18.7 Å². The number of hydrogen-bond donors (Lipinski definition) is 1. The fraction of sp³-hybridized carbons (Fsp3) is 0.429. The number of nitrogens with zero attached hydrogens (tertiary/aromatic N) is 2. The third-order valence-corrected chi connectivity index (χ3v) is 4.10. The Morgan fingerprint density at radius 1 is 1.42 bits per heavy atom. The van der Waals surface area contributed by atoms with Crippen LogP contribution in [0.4, 0.5) is 0 Å². The summed E-state index contributed by atoms with van der Waals surface area (Å²) < 4.78 is 1.69. The summed E-state index contributed by atoms with van der Waals surface area (Å²) in [6.45, 7) is 4.40. The number of aromatic nitrogens is 1. The third kappa shape index (κ3) is 1.51. The number of ketones is 2. The van der Waals surface area contributed by atoms with Crippen molar-refractivity contribution in [3.63, 3.8) is 0 Å². The Morgan fingerprint density at radius 3 is 2.58 bits per heavy atom. The summed E-state index contributed by atoms with van der Waals surface area (Å²) in [5.41, 5.74) is 2.57. The molecule has 1 fully saturated rings. The summed E-state index contributed by atoms with van der Waals surface area (Å²) in [6, 6.07) is 0.312. The van der Waals surface area contributed by atoms with Gasteiger partial charge in [-0.3, -0.25) is 9.59 Å². The molecule has 0 radical (unpaired) electrons. The quantitative estimate of drug-likeness (QED) is 0.799. The molecular formula is C14H16N2O3. The molecule has 1 aromatic heterocycles. The zero-order chi connectivity index (χ0) is 13.9. The Labute approximate surface area is 111 Å². The van der Waals surface area contributed by atoms with Crippen LogP contribution in [0.1, 0.15) is 39.0 Å². The van der Waals surface area contributed by atoms with Crippen LogP contribution in [0.5, 0.6) is 0 Å². The number of Topliss-reactive ketones (excluding diaryl/α,β-unsaturated/α-hetero) is 1. The van der Waals surface area contributed by atoms with Gasteiger partial charge in [-0.25, -0.2) is 0 Å². The van der Waals surface area contributed by atoms with Gasteiger partial charge in [0.2, 0.25) is 11.6 Å². The van der Waals surface area contributed by atoms with Gasteiger partial charge < -0.3 is 14.6 Å². The summed E-state index contributed by atoms with van der Waals surface area (Å²) in [5, 5.41) is 9.47. The molecule has 0 bridgehead atoms. The van der Waals surface area contributed by atoms with Gasteiger partial charge in [0.25, 0.3) is 0 Å². The second kappa shape index (κ2) is 3.81. The molecule has 1 aromatic rings. The van der Waals surface area contributed by atoms with Crippen molar-refractivity contribution in [2.24, 2.45) is 7.05 Å². The van der Waals surface area contributed by atoms with Gasteiger partial charge in [0.15, 0.2) is 0 Å². The first-order valence-corrected chi connectivity index (χ1v) is 6.33. The van der Waals surface area contributed by atoms with Crippen molar-refractivity contribution >= 4 is 11.6 Å². The molecule has 2 heterocycles. The first-order valence-electron chi connectivity index (χ1n) is 6.33. The van der Waals surface area contributed by atoms with E-state index in [9.17, 15) is 14.7 Å². The van der Waals surface area contributed by atoms with Gasteiger partial charge in [0.05, 0.1) is 17.9 Å². The molecule has 1 saturated heterocycles. The monoisotopic (exact) mass is 260 g/mol. The number of fused-ring (bicyclic) bond motifs is 1. The maximum atomic E-state index is 12.5. The minimum Gasteiger partial charge on any atom is -0.392 e. The van der Waals surface area contributed by atoms with Crippen LogP contribution in [0.3, 0.4) is 0 Å². The van der Waals surface area contributed by atoms with Crippen LogP contribution in [0.2, 0.25) is 0 Å². The number of carbonyl (C=O) groups excluding carboxylic acids is 2. The van der Waals surface area contributed by atoms with E-state index in [2.05, 4.69) is 0 Å². The van der Waals surface area contributed by atoms with Crippen LogP contribution in [-0.4, -0.2) is 38.7 Å². The number of carbonyl (C=O) groups is 2. The number of aliphatic hydroxyl groups excluding tert-OH is 1. The molecule has 1 N–H and O–H groups in total. The van der Waals surface area contributed by atoms with Crippen LogP contribution in [0.25, 0.3) is 0 Å². The highest BCUT2D eigenvalue weighted by Gasteiger charge is 2.41. The first kappa shape index (κ1) is 12.2. The average molecular weight is 260 g/mol. The van der Waals surface area contributed by atoms with Gasteiger partial charge in [0.1, 0.15) is 5.69 Å². The lowest BCUT2D eigenvalue weighted by atomic mass is 9.95. The lowest BCUT2D eigenvalue weighted by Gasteiger charge is -2.15. The summed E-state index contributed by atoms with van der Waals surface area (Å²) >= 11 is 0. The van der Waals surface area contributed by atoms with Crippen molar-refractivity contribution in [1.82, 2.24) is 9.47 Å². The maximum absolute atomic E-state index is 12.5. The zero-order valence-electron chi connectivity index (χ0n) is 11.2. The molecule has 0 aromatic carbocycles. The van der Waals surface area contributed by atoms with Crippen molar-refractivity contribution in [1.29, 1.82) is 0 Å². The lowest BCUT2D eigenvalue weighted by molar-refractivity contribution is 0.0963. The molecule has 19 heavy (non-hydrogen) atoms. The number of allylic oxidation sites excluding steroid dienone is 2. The summed E-state index contributed by atoms with van der Waals surface area (Å²) in [4.78, 5) is 26.7. The fourth-order valence-electron chi connectivity index (χ4n) is 2.76. The van der Waals surface area contributed by atoms with Gasteiger partial charge in [-0.15, -0.1) is 0 Å². The highest BCUT2D eigenvalue weighted by atomic mass is 16.3. The molecule has 5 heteroatoms. The van der Waals surface area contributed by atoms with Gasteiger partial charge in [-0.1, -0.05) is 0 Å². The normalized spacial score (nSPS) is 21.6. The van der Waals surface area contributed by atoms with E-state index in [4.69, 9.17) is 0 Å². The van der Waals surface area contributed by atoms with Crippen LogP contribution in [0.15, 0.2) is 11.8 Å². The van der Waals surface area contributed by atoms with E-state index >= 15 is 0 Å². The molecule has 1 aliphatic carbocycles. The smallest absolute Gasteiger partial charge is 0.211 e. The minimum atomic E-state index is -0.225. The highest BCUT2D eigenvalue weighted by molar-refractivity contribution is 6.24. The number of aliphatic hydroxyl groups is 1. The van der Waals surface area contributed by atoms with Crippen LogP contribution in [0, 0.1) is 6.92 Å². The van der Waals surface area contributed by atoms with E-state index in [0.29, 0.717) is 28.6 Å². The van der Waals surface area contributed by atoms with Crippen molar-refractivity contribution in [2.45, 2.75) is 26.5 Å². The van der Waals surface area contributed by atoms with E-state index in [1.54, 1.807) is 11.6 Å². The molecule has 1 aliphatic heterocycles. The van der Waals surface area contributed by atoms with E-state index < -0.39 is 0 Å². The van der Waals surface area contributed by atoms with Crippen molar-refractivity contribution < 1.29 is 14.7 Å². The second-order valence-corrected chi connectivity index (χ2v) is 5.23. The number of rotatable bonds is 2. The summed E-state index contributed by atoms with van der Waals surface area (Å²) in [5.74, 6) is -0.305. The topological polar surface area (TPSA) is 62.3 Å². The Hall–Kier alpha value is -1.88. The van der Waals surface area contributed by atoms with E-state index in [-0.39, 0.29) is 18.2 Å². The highest BCUT2D eigenvalue weighted by Crippen LogP contribution is 2.34. The summed E-state index contributed by atoms with van der Waals surface area (Å²) in [7, 11) is 1.75. The summed E-state index contributed by atoms with van der Waals surface area (Å²) in [6.07, 6.45) is 1.43. The van der Waals surface area contributed by atoms with Gasteiger partial charge >= 0.3 is 0 Å². The van der Waals surface area contributed by atoms with Gasteiger partial charge in [-0.05, 0) is 13.8 Å². The lowest BCUT2D eigenvalue weighted by Crippen LogP contribution is -2.23. The largest absolute Gasteiger partial charge is 0.392 e. The molecule has 0 saturated carbocycles. The molecule has 1 unspecified atom stereocenters. The predicted octanol–water partition coefficient (Wildman–Crippen LogP) is 0.793. The average Bonchev–Trinajstić information content (AvgIpc) is 3.03. The third-order valence-electron chi connectivity index (χ3n) is 4.10. The van der Waals surface area contributed by atoms with Crippen molar-refractivity contribution in [2.75, 3.05) is 6.54 Å². The molecule has 100 valence electrons. The molecule has 5 nitrogen and oxygen atoms in total. The van der Waals surface area contributed by atoms with Gasteiger partial charge in [-0.2, -0.15) is 0 Å². The van der Waals surface area contributed by atoms with Crippen LogP contribution in [-0.2, 0) is 13.7 Å². The van der Waals surface area contributed by atoms with Crippen LogP contribution >= 0.6 is 0 Å². The van der Waals surface area contributed by atoms with Crippen molar-refractivity contribution in [3.8, 4) is 0 Å². The maximum Gasteiger partial charge on any atom is 0.211 e. The standard InChI is InChI=1S/C14H16N2O3/c1-7-5-16(7)10-4-11(18)13-12(14(10)19)9(6-17)8(2)15(13)3/h4,7,17H,5-6H2,1-3H3. The minimum absolute atomic E-state index is 0.147. The Balaban J connectivity index is 2.18.